The van der Waals surface area contributed by atoms with Crippen molar-refractivity contribution in [1.82, 2.24) is 24.5 Å². The van der Waals surface area contributed by atoms with Gasteiger partial charge in [0.1, 0.15) is 30.5 Å². The van der Waals surface area contributed by atoms with Crippen molar-refractivity contribution in [1.29, 1.82) is 0 Å². The van der Waals surface area contributed by atoms with Crippen LogP contribution in [0.5, 0.6) is 0 Å². The van der Waals surface area contributed by atoms with E-state index in [2.05, 4.69) is 25.3 Å². The van der Waals surface area contributed by atoms with Gasteiger partial charge in [-0.15, -0.1) is 0 Å². The Morgan fingerprint density at radius 1 is 1.17 bits per heavy atom. The van der Waals surface area contributed by atoms with Crippen LogP contribution in [-0.2, 0) is 15.7 Å². The summed E-state index contributed by atoms with van der Waals surface area (Å²) in [5.41, 5.74) is 0.0849. The second-order valence-electron chi connectivity index (χ2n) is 8.53. The van der Waals surface area contributed by atoms with E-state index >= 15 is 0 Å². The molecule has 5 rings (SSSR count). The number of ether oxygens (including phenoxy) is 2. The number of methoxy groups -OCH3 is 1. The Morgan fingerprint density at radius 3 is 2.71 bits per heavy atom. The van der Waals surface area contributed by atoms with Gasteiger partial charge in [-0.3, -0.25) is 4.57 Å². The van der Waals surface area contributed by atoms with Crippen LogP contribution in [0, 0.1) is 0 Å². The molecule has 0 saturated carbocycles. The van der Waals surface area contributed by atoms with Crippen molar-refractivity contribution in [3.8, 4) is 0 Å². The number of hydrogen-bond donors (Lipinski definition) is 3. The fourth-order valence-electron chi connectivity index (χ4n) is 4.43. The highest BCUT2D eigenvalue weighted by Gasteiger charge is 2.44. The highest BCUT2D eigenvalue weighted by molar-refractivity contribution is 5.83. The maximum atomic E-state index is 12.8. The van der Waals surface area contributed by atoms with Crippen molar-refractivity contribution in [3.63, 3.8) is 0 Å². The number of rotatable bonds is 6. The molecule has 14 heteroatoms. The number of aliphatic hydroxyl groups excluding tert-OH is 2. The highest BCUT2D eigenvalue weighted by Crippen LogP contribution is 2.33. The molecule has 11 nitrogen and oxygen atoms in total. The van der Waals surface area contributed by atoms with Crippen molar-refractivity contribution >= 4 is 22.8 Å². The molecule has 2 aliphatic heterocycles. The van der Waals surface area contributed by atoms with E-state index in [1.165, 1.54) is 25.8 Å². The minimum Gasteiger partial charge on any atom is -0.387 e. The predicted octanol–water partition coefficient (Wildman–Crippen LogP) is 1.20. The highest BCUT2D eigenvalue weighted by atomic mass is 19.4. The molecule has 0 aromatic carbocycles. The van der Waals surface area contributed by atoms with Crippen LogP contribution >= 0.6 is 0 Å². The number of nitrogens with zero attached hydrogens (tertiary/aromatic N) is 6. The van der Waals surface area contributed by atoms with Crippen LogP contribution in [-0.4, -0.2) is 85.9 Å². The molecule has 35 heavy (non-hydrogen) atoms. The van der Waals surface area contributed by atoms with Gasteiger partial charge in [-0.1, -0.05) is 0 Å². The van der Waals surface area contributed by atoms with E-state index in [1.54, 1.807) is 4.57 Å². The number of imidazole rings is 1. The summed E-state index contributed by atoms with van der Waals surface area (Å²) in [4.78, 5) is 18.8. The first-order valence-electron chi connectivity index (χ1n) is 11.0. The predicted molar refractivity (Wildman–Crippen MR) is 117 cm³/mol. The smallest absolute Gasteiger partial charge is 0.387 e. The van der Waals surface area contributed by atoms with Crippen molar-refractivity contribution in [2.75, 3.05) is 37.0 Å². The van der Waals surface area contributed by atoms with Gasteiger partial charge in [0.2, 0.25) is 0 Å². The second-order valence-corrected chi connectivity index (χ2v) is 8.53. The monoisotopic (exact) mass is 495 g/mol. The molecule has 3 aromatic heterocycles. The Kier molecular flexibility index (Phi) is 6.21. The molecule has 2 aliphatic rings. The zero-order valence-electron chi connectivity index (χ0n) is 18.6. The largest absolute Gasteiger partial charge is 0.417 e. The molecule has 3 aromatic rings. The number of fused-ring (bicyclic) bond motifs is 1. The number of alkyl halides is 3. The molecule has 5 heterocycles. The summed E-state index contributed by atoms with van der Waals surface area (Å²) in [7, 11) is 1.48. The molecule has 0 amide bonds. The molecule has 0 bridgehead atoms. The summed E-state index contributed by atoms with van der Waals surface area (Å²) in [5, 5.41) is 24.0. The molecule has 2 saturated heterocycles. The van der Waals surface area contributed by atoms with Crippen LogP contribution < -0.4 is 10.2 Å². The molecule has 0 radical (unpaired) electrons. The standard InChI is InChI=1S/C21H24F3N7O4/c1-34-8-13-16(32)17(33)20(35-13)31-10-28-15-18(26-9-27-19(15)31)29-12-4-5-30(7-12)14-3-2-11(6-25-14)21(22,23)24/h2-3,6,9-10,12-13,16-17,20,32-33H,4-5,7-8H2,1H3,(H,26,27,29)/t12-,13?,16+,17+,20+/m0/s1. The number of nitrogens with one attached hydrogen (secondary N) is 1. The summed E-state index contributed by atoms with van der Waals surface area (Å²) in [6.07, 6.45) is -3.96. The Labute approximate surface area is 197 Å². The lowest BCUT2D eigenvalue weighted by molar-refractivity contribution is -0.137. The lowest BCUT2D eigenvalue weighted by Gasteiger charge is -2.19. The minimum atomic E-state index is -4.43. The average molecular weight is 495 g/mol. The number of aliphatic hydroxyl groups is 2. The number of aromatic nitrogens is 5. The van der Waals surface area contributed by atoms with E-state index in [9.17, 15) is 23.4 Å². The minimum absolute atomic E-state index is 0.0523. The SMILES string of the molecule is COCC1O[C@@H](n2cnc3c(N[C@H]4CCN(c5ccc(C(F)(F)F)cn5)C4)ncnc32)[C@H](O)[C@@H]1O. The van der Waals surface area contributed by atoms with Gasteiger partial charge in [-0.2, -0.15) is 13.2 Å². The third kappa shape index (κ3) is 4.49. The second kappa shape index (κ2) is 9.18. The Morgan fingerprint density at radius 2 is 2.00 bits per heavy atom. The van der Waals surface area contributed by atoms with E-state index in [0.717, 1.165) is 12.3 Å². The molecule has 1 unspecified atom stereocenters. The van der Waals surface area contributed by atoms with Gasteiger partial charge in [0.05, 0.1) is 18.5 Å². The first-order valence-corrected chi connectivity index (χ1v) is 11.0. The van der Waals surface area contributed by atoms with Gasteiger partial charge < -0.3 is 29.9 Å². The van der Waals surface area contributed by atoms with Gasteiger partial charge in [0, 0.05) is 32.4 Å². The fraction of sp³-hybridized carbons (Fsp3) is 0.524. The van der Waals surface area contributed by atoms with Crippen LogP contribution in [0.3, 0.4) is 0 Å². The van der Waals surface area contributed by atoms with Crippen LogP contribution in [0.25, 0.3) is 11.2 Å². The number of pyridine rings is 1. The third-order valence-corrected chi connectivity index (χ3v) is 6.23. The molecule has 5 atom stereocenters. The van der Waals surface area contributed by atoms with Crippen LogP contribution in [0.4, 0.5) is 24.8 Å². The van der Waals surface area contributed by atoms with Crippen molar-refractivity contribution in [2.24, 2.45) is 0 Å². The van der Waals surface area contributed by atoms with Gasteiger partial charge in [-0.25, -0.2) is 19.9 Å². The van der Waals surface area contributed by atoms with Crippen LogP contribution in [0.2, 0.25) is 0 Å². The Hall–Kier alpha value is -3.07. The maximum absolute atomic E-state index is 12.8. The number of halogens is 3. The Balaban J connectivity index is 1.30. The molecule has 0 spiro atoms. The zero-order valence-corrected chi connectivity index (χ0v) is 18.6. The number of hydrogen-bond acceptors (Lipinski definition) is 10. The van der Waals surface area contributed by atoms with E-state index in [4.69, 9.17) is 9.47 Å². The van der Waals surface area contributed by atoms with Crippen LogP contribution in [0.15, 0.2) is 31.0 Å². The zero-order chi connectivity index (χ0) is 24.7. The summed E-state index contributed by atoms with van der Waals surface area (Å²) >= 11 is 0. The average Bonchev–Trinajstić information content (AvgIpc) is 3.54. The first-order chi connectivity index (χ1) is 16.8. The maximum Gasteiger partial charge on any atom is 0.417 e. The van der Waals surface area contributed by atoms with Gasteiger partial charge in [0.25, 0.3) is 0 Å². The lowest BCUT2D eigenvalue weighted by atomic mass is 10.1. The number of anilines is 2. The normalized spacial score (nSPS) is 27.1. The van der Waals surface area contributed by atoms with Gasteiger partial charge in [0.15, 0.2) is 23.2 Å². The van der Waals surface area contributed by atoms with E-state index in [1.807, 2.05) is 4.90 Å². The quantitative estimate of drug-likeness (QED) is 0.459. The van der Waals surface area contributed by atoms with E-state index < -0.39 is 36.3 Å². The summed E-state index contributed by atoms with van der Waals surface area (Å²) in [6, 6.07) is 2.34. The fourth-order valence-corrected chi connectivity index (χ4v) is 4.43. The van der Waals surface area contributed by atoms with Crippen molar-refractivity contribution in [3.05, 3.63) is 36.5 Å². The van der Waals surface area contributed by atoms with Crippen molar-refractivity contribution < 1.29 is 32.9 Å². The van der Waals surface area contributed by atoms with Gasteiger partial charge in [-0.05, 0) is 18.6 Å². The summed E-state index contributed by atoms with van der Waals surface area (Å²) in [6.45, 7) is 1.24. The molecule has 0 aliphatic carbocycles. The Bertz CT molecular complexity index is 1180. The summed E-state index contributed by atoms with van der Waals surface area (Å²) in [5.74, 6) is 0.943. The van der Waals surface area contributed by atoms with Crippen molar-refractivity contribution in [2.45, 2.75) is 43.2 Å². The molecule has 2 fully saturated rings. The van der Waals surface area contributed by atoms with Gasteiger partial charge >= 0.3 is 6.18 Å². The molecular formula is C21H24F3N7O4. The van der Waals surface area contributed by atoms with E-state index in [-0.39, 0.29) is 12.6 Å². The molecular weight excluding hydrogens is 471 g/mol. The third-order valence-electron chi connectivity index (χ3n) is 6.23. The van der Waals surface area contributed by atoms with E-state index in [0.29, 0.717) is 42.3 Å². The first kappa shape index (κ1) is 23.7. The molecule has 188 valence electrons. The summed E-state index contributed by atoms with van der Waals surface area (Å²) < 4.78 is 50.8. The topological polar surface area (TPSA) is 131 Å². The van der Waals surface area contributed by atoms with Crippen LogP contribution in [0.1, 0.15) is 18.2 Å². The molecule has 3 N–H and O–H groups in total. The lowest BCUT2D eigenvalue weighted by Crippen LogP contribution is -2.33.